The Labute approximate surface area is 168 Å². The molecule has 0 saturated heterocycles. The van der Waals surface area contributed by atoms with Gasteiger partial charge in [-0.25, -0.2) is 9.97 Å². The van der Waals surface area contributed by atoms with Crippen molar-refractivity contribution < 1.29 is 4.74 Å². The molecular formula is C21H19Cl2N3O. The third kappa shape index (κ3) is 3.65. The minimum atomic E-state index is 0.193. The second-order valence-corrected chi connectivity index (χ2v) is 7.62. The lowest BCUT2D eigenvalue weighted by Crippen LogP contribution is -2.31. The zero-order valence-electron chi connectivity index (χ0n) is 15.1. The van der Waals surface area contributed by atoms with E-state index in [1.165, 1.54) is 17.5 Å². The van der Waals surface area contributed by atoms with Gasteiger partial charge in [0.15, 0.2) is 0 Å². The third-order valence-electron chi connectivity index (χ3n) is 4.93. The highest BCUT2D eigenvalue weighted by Crippen LogP contribution is 2.39. The highest BCUT2D eigenvalue weighted by molar-refractivity contribution is 6.35. The lowest BCUT2D eigenvalue weighted by molar-refractivity contribution is 0.295. The summed E-state index contributed by atoms with van der Waals surface area (Å²) in [5.74, 6) is 0.741. The first-order valence-corrected chi connectivity index (χ1v) is 9.43. The fraction of sp³-hybridized carbons (Fsp3) is 0.238. The van der Waals surface area contributed by atoms with Crippen LogP contribution in [-0.2, 0) is 6.54 Å². The molecule has 0 radical (unpaired) electrons. The van der Waals surface area contributed by atoms with Crippen LogP contribution in [0.5, 0.6) is 5.88 Å². The van der Waals surface area contributed by atoms with Crippen molar-refractivity contribution in [3.63, 3.8) is 0 Å². The highest BCUT2D eigenvalue weighted by Gasteiger charge is 2.27. The zero-order chi connectivity index (χ0) is 19.0. The molecule has 0 amide bonds. The van der Waals surface area contributed by atoms with Gasteiger partial charge in [0.2, 0.25) is 5.88 Å². The van der Waals surface area contributed by atoms with Crippen molar-refractivity contribution in [3.05, 3.63) is 75.5 Å². The first-order chi connectivity index (χ1) is 13.0. The van der Waals surface area contributed by atoms with Crippen LogP contribution in [0.3, 0.4) is 0 Å². The van der Waals surface area contributed by atoms with Gasteiger partial charge >= 0.3 is 0 Å². The molecule has 2 aromatic carbocycles. The van der Waals surface area contributed by atoms with Gasteiger partial charge in [-0.05, 0) is 41.9 Å². The maximum absolute atomic E-state index is 6.48. The minimum Gasteiger partial charge on any atom is -0.481 e. The molecule has 0 spiro atoms. The van der Waals surface area contributed by atoms with Crippen molar-refractivity contribution in [1.82, 2.24) is 14.9 Å². The zero-order valence-corrected chi connectivity index (χ0v) is 16.6. The Bertz CT molecular complexity index is 993. The van der Waals surface area contributed by atoms with E-state index in [0.717, 1.165) is 34.9 Å². The van der Waals surface area contributed by atoms with Crippen molar-refractivity contribution in [2.75, 3.05) is 20.7 Å². The number of likely N-dealkylation sites (N-methyl/N-ethyl adjacent to an activating group) is 1. The van der Waals surface area contributed by atoms with E-state index in [-0.39, 0.29) is 5.92 Å². The van der Waals surface area contributed by atoms with Crippen molar-refractivity contribution in [2.45, 2.75) is 12.5 Å². The van der Waals surface area contributed by atoms with Crippen LogP contribution in [0.2, 0.25) is 10.0 Å². The largest absolute Gasteiger partial charge is 0.481 e. The van der Waals surface area contributed by atoms with E-state index in [0.29, 0.717) is 10.9 Å². The smallest absolute Gasteiger partial charge is 0.216 e. The average Bonchev–Trinajstić information content (AvgIpc) is 2.68. The summed E-state index contributed by atoms with van der Waals surface area (Å²) in [4.78, 5) is 10.8. The molecule has 0 N–H and O–H groups in total. The number of rotatable bonds is 3. The van der Waals surface area contributed by atoms with Crippen LogP contribution in [0.25, 0.3) is 11.3 Å². The first-order valence-electron chi connectivity index (χ1n) is 8.68. The van der Waals surface area contributed by atoms with Crippen LogP contribution >= 0.6 is 23.2 Å². The summed E-state index contributed by atoms with van der Waals surface area (Å²) >= 11 is 12.8. The number of nitrogens with zero attached hydrogens (tertiary/aromatic N) is 3. The van der Waals surface area contributed by atoms with Crippen molar-refractivity contribution in [2.24, 2.45) is 0 Å². The van der Waals surface area contributed by atoms with E-state index in [2.05, 4.69) is 40.1 Å². The van der Waals surface area contributed by atoms with E-state index < -0.39 is 0 Å². The minimum absolute atomic E-state index is 0.193. The molecular weight excluding hydrogens is 381 g/mol. The Hall–Kier alpha value is -2.14. The Morgan fingerprint density at radius 2 is 1.96 bits per heavy atom. The van der Waals surface area contributed by atoms with E-state index in [9.17, 15) is 0 Å². The standard InChI is InChI=1S/C21H19Cl2N3O/c1-26-10-17(16-7-15(22)8-19(23)18(16)11-26)13-4-3-5-14(6-13)20-9-21(27-2)25-12-24-20/h3-9,12,17H,10-11H2,1-2H3/t17-/m0/s1. The summed E-state index contributed by atoms with van der Waals surface area (Å²) in [6, 6.07) is 14.1. The Morgan fingerprint density at radius 1 is 1.11 bits per heavy atom. The number of halogens is 2. The summed E-state index contributed by atoms with van der Waals surface area (Å²) in [6.07, 6.45) is 1.52. The van der Waals surface area contributed by atoms with Gasteiger partial charge in [0.1, 0.15) is 6.33 Å². The Balaban J connectivity index is 1.79. The normalized spacial score (nSPS) is 16.8. The summed E-state index contributed by atoms with van der Waals surface area (Å²) in [6.45, 7) is 1.73. The van der Waals surface area contributed by atoms with E-state index in [1.807, 2.05) is 24.3 Å². The van der Waals surface area contributed by atoms with Gasteiger partial charge in [-0.15, -0.1) is 0 Å². The molecule has 138 valence electrons. The molecule has 0 unspecified atom stereocenters. The second-order valence-electron chi connectivity index (χ2n) is 6.78. The maximum Gasteiger partial charge on any atom is 0.216 e. The molecule has 0 bridgehead atoms. The molecule has 27 heavy (non-hydrogen) atoms. The molecule has 0 aliphatic carbocycles. The van der Waals surface area contributed by atoms with Crippen LogP contribution in [0, 0.1) is 0 Å². The lowest BCUT2D eigenvalue weighted by Gasteiger charge is -2.33. The molecule has 1 aliphatic heterocycles. The van der Waals surface area contributed by atoms with Crippen LogP contribution in [0.4, 0.5) is 0 Å². The number of hydrogen-bond donors (Lipinski definition) is 0. The van der Waals surface area contributed by atoms with E-state index in [4.69, 9.17) is 27.9 Å². The summed E-state index contributed by atoms with van der Waals surface area (Å²) in [7, 11) is 3.71. The van der Waals surface area contributed by atoms with Gasteiger partial charge in [0.05, 0.1) is 12.8 Å². The van der Waals surface area contributed by atoms with Gasteiger partial charge in [-0.2, -0.15) is 0 Å². The van der Waals surface area contributed by atoms with E-state index >= 15 is 0 Å². The monoisotopic (exact) mass is 399 g/mol. The van der Waals surface area contributed by atoms with Crippen molar-refractivity contribution in [1.29, 1.82) is 0 Å². The molecule has 0 fully saturated rings. The molecule has 1 aliphatic rings. The fourth-order valence-corrected chi connectivity index (χ4v) is 4.22. The molecule has 1 aromatic heterocycles. The van der Waals surface area contributed by atoms with Gasteiger partial charge in [-0.3, -0.25) is 0 Å². The number of fused-ring (bicyclic) bond motifs is 1. The van der Waals surface area contributed by atoms with Gasteiger partial charge < -0.3 is 9.64 Å². The van der Waals surface area contributed by atoms with Gasteiger partial charge in [0, 0.05) is 40.7 Å². The molecule has 6 heteroatoms. The Morgan fingerprint density at radius 3 is 2.78 bits per heavy atom. The fourth-order valence-electron chi connectivity index (χ4n) is 3.65. The number of ether oxygens (including phenoxy) is 1. The SMILES string of the molecule is COc1cc(-c2cccc([C@@H]3CN(C)Cc4c(Cl)cc(Cl)cc43)c2)ncn1. The predicted molar refractivity (Wildman–Crippen MR) is 109 cm³/mol. The van der Waals surface area contributed by atoms with Crippen LogP contribution < -0.4 is 4.74 Å². The number of aromatic nitrogens is 2. The maximum atomic E-state index is 6.48. The molecule has 1 atom stereocenters. The Kier molecular flexibility index (Phi) is 5.04. The van der Waals surface area contributed by atoms with E-state index in [1.54, 1.807) is 7.11 Å². The quantitative estimate of drug-likeness (QED) is 0.618. The summed E-state index contributed by atoms with van der Waals surface area (Å²) < 4.78 is 5.22. The van der Waals surface area contributed by atoms with Crippen molar-refractivity contribution in [3.8, 4) is 17.1 Å². The summed E-state index contributed by atoms with van der Waals surface area (Å²) in [5, 5.41) is 1.40. The molecule has 3 aromatic rings. The number of methoxy groups -OCH3 is 1. The average molecular weight is 400 g/mol. The highest BCUT2D eigenvalue weighted by atomic mass is 35.5. The lowest BCUT2D eigenvalue weighted by atomic mass is 9.84. The molecule has 2 heterocycles. The van der Waals surface area contributed by atoms with Crippen LogP contribution in [0.1, 0.15) is 22.6 Å². The summed E-state index contributed by atoms with van der Waals surface area (Å²) in [5.41, 5.74) is 5.40. The predicted octanol–water partition coefficient (Wildman–Crippen LogP) is 5.04. The van der Waals surface area contributed by atoms with Crippen LogP contribution in [-0.4, -0.2) is 35.6 Å². The molecule has 4 nitrogen and oxygen atoms in total. The van der Waals surface area contributed by atoms with Crippen LogP contribution in [0.15, 0.2) is 48.8 Å². The molecule has 0 saturated carbocycles. The van der Waals surface area contributed by atoms with Gasteiger partial charge in [0.25, 0.3) is 0 Å². The second kappa shape index (κ2) is 7.47. The first kappa shape index (κ1) is 18.2. The molecule has 4 rings (SSSR count). The third-order valence-corrected chi connectivity index (χ3v) is 5.48. The topological polar surface area (TPSA) is 38.2 Å². The van der Waals surface area contributed by atoms with Crippen molar-refractivity contribution >= 4 is 23.2 Å². The number of hydrogen-bond acceptors (Lipinski definition) is 4. The van der Waals surface area contributed by atoms with Gasteiger partial charge in [-0.1, -0.05) is 41.4 Å². The number of benzene rings is 2.